The Morgan fingerprint density at radius 2 is 1.55 bits per heavy atom. The van der Waals surface area contributed by atoms with Gasteiger partial charge in [0.15, 0.2) is 0 Å². The zero-order chi connectivity index (χ0) is 21.2. The molecule has 3 aromatic carbocycles. The van der Waals surface area contributed by atoms with Gasteiger partial charge in [-0.15, -0.1) is 0 Å². The number of sulfonamides is 1. The molecule has 1 amide bonds. The number of hydrogen-bond donors (Lipinski definition) is 1. The highest BCUT2D eigenvalue weighted by Crippen LogP contribution is 2.27. The van der Waals surface area contributed by atoms with Crippen molar-refractivity contribution in [3.05, 3.63) is 83.9 Å². The Morgan fingerprint density at radius 1 is 0.931 bits per heavy atom. The van der Waals surface area contributed by atoms with Crippen molar-refractivity contribution in [1.29, 1.82) is 0 Å². The van der Waals surface area contributed by atoms with Gasteiger partial charge in [0, 0.05) is 6.08 Å². The van der Waals surface area contributed by atoms with E-state index >= 15 is 0 Å². The zero-order valence-electron chi connectivity index (χ0n) is 15.2. The molecule has 0 saturated carbocycles. The number of halogens is 3. The first-order chi connectivity index (χ1) is 13.5. The molecule has 0 unspecified atom stereocenters. The second kappa shape index (κ2) is 7.71. The number of allylic oxidation sites excluding steroid dienone is 1. The van der Waals surface area contributed by atoms with Gasteiger partial charge in [-0.1, -0.05) is 54.1 Å². The largest absolute Gasteiger partial charge is 0.410 e. The van der Waals surface area contributed by atoms with Crippen molar-refractivity contribution >= 4 is 32.3 Å². The molecule has 0 saturated heterocycles. The molecule has 3 rings (SSSR count). The number of carbonyl (C=O) groups excluding carboxylic acids is 1. The van der Waals surface area contributed by atoms with Crippen LogP contribution in [0.1, 0.15) is 11.1 Å². The lowest BCUT2D eigenvalue weighted by molar-refractivity contribution is -0.114. The van der Waals surface area contributed by atoms with Gasteiger partial charge < -0.3 is 0 Å². The standard InChI is InChI=1S/C21H16F3NO3S/c1-14-6-10-18(11-7-14)29(27,28)25-20(26)19(13-21(22,23)24)17-9-8-15-4-2-3-5-16(15)12-17/h2-13H,1H3,(H,25,26)/b19-13-. The van der Waals surface area contributed by atoms with Gasteiger partial charge in [0.2, 0.25) is 0 Å². The van der Waals surface area contributed by atoms with Crippen molar-refractivity contribution in [2.45, 2.75) is 18.0 Å². The molecule has 0 heterocycles. The van der Waals surface area contributed by atoms with Crippen LogP contribution in [0.5, 0.6) is 0 Å². The average molecular weight is 419 g/mol. The lowest BCUT2D eigenvalue weighted by Gasteiger charge is -2.12. The van der Waals surface area contributed by atoms with E-state index in [-0.39, 0.29) is 16.5 Å². The van der Waals surface area contributed by atoms with Gasteiger partial charge in [-0.05, 0) is 41.5 Å². The number of rotatable bonds is 4. The summed E-state index contributed by atoms with van der Waals surface area (Å²) in [5.41, 5.74) is -0.0410. The van der Waals surface area contributed by atoms with Gasteiger partial charge in [0.05, 0.1) is 10.5 Å². The number of carbonyl (C=O) groups is 1. The molecule has 0 atom stereocenters. The number of alkyl halides is 3. The number of aryl methyl sites for hydroxylation is 1. The molecule has 3 aromatic rings. The lowest BCUT2D eigenvalue weighted by atomic mass is 10.0. The number of benzene rings is 3. The molecule has 0 aliphatic carbocycles. The van der Waals surface area contributed by atoms with Crippen LogP contribution in [-0.2, 0) is 14.8 Å². The van der Waals surface area contributed by atoms with E-state index in [2.05, 4.69) is 0 Å². The van der Waals surface area contributed by atoms with Crippen molar-refractivity contribution in [2.24, 2.45) is 0 Å². The molecule has 0 fully saturated rings. The number of amides is 1. The second-order valence-corrected chi connectivity index (χ2v) is 8.09. The Kier molecular flexibility index (Phi) is 5.48. The highest BCUT2D eigenvalue weighted by Gasteiger charge is 2.29. The van der Waals surface area contributed by atoms with Crippen molar-refractivity contribution < 1.29 is 26.4 Å². The minimum Gasteiger partial charge on any atom is -0.268 e. The summed E-state index contributed by atoms with van der Waals surface area (Å²) in [7, 11) is -4.34. The highest BCUT2D eigenvalue weighted by atomic mass is 32.2. The maximum atomic E-state index is 13.1. The summed E-state index contributed by atoms with van der Waals surface area (Å²) in [5.74, 6) is -1.36. The summed E-state index contributed by atoms with van der Waals surface area (Å²) in [6, 6.07) is 16.8. The number of nitrogens with one attached hydrogen (secondary N) is 1. The van der Waals surface area contributed by atoms with Gasteiger partial charge in [-0.3, -0.25) is 4.79 Å². The van der Waals surface area contributed by atoms with E-state index in [1.807, 2.05) is 0 Å². The molecule has 150 valence electrons. The van der Waals surface area contributed by atoms with E-state index in [0.29, 0.717) is 5.39 Å². The first-order valence-corrected chi connectivity index (χ1v) is 9.96. The Balaban J connectivity index is 2.01. The number of hydrogen-bond acceptors (Lipinski definition) is 3. The normalized spacial score (nSPS) is 12.8. The quantitative estimate of drug-likeness (QED) is 0.629. The van der Waals surface area contributed by atoms with Crippen molar-refractivity contribution in [3.8, 4) is 0 Å². The predicted octanol–water partition coefficient (Wildman–Crippen LogP) is 4.60. The first kappa shape index (κ1) is 20.6. The fourth-order valence-electron chi connectivity index (χ4n) is 2.75. The summed E-state index contributed by atoms with van der Waals surface area (Å²) >= 11 is 0. The first-order valence-electron chi connectivity index (χ1n) is 8.48. The van der Waals surface area contributed by atoms with Gasteiger partial charge in [-0.2, -0.15) is 13.2 Å². The van der Waals surface area contributed by atoms with E-state index in [4.69, 9.17) is 0 Å². The third kappa shape index (κ3) is 5.03. The monoisotopic (exact) mass is 419 g/mol. The molecule has 0 aliphatic heterocycles. The van der Waals surface area contributed by atoms with Crippen LogP contribution in [0.15, 0.2) is 77.7 Å². The Hall–Kier alpha value is -3.13. The van der Waals surface area contributed by atoms with Gasteiger partial charge in [-0.25, -0.2) is 13.1 Å². The van der Waals surface area contributed by atoms with Gasteiger partial charge in [0.25, 0.3) is 15.9 Å². The van der Waals surface area contributed by atoms with E-state index in [1.54, 1.807) is 42.0 Å². The molecular weight excluding hydrogens is 403 g/mol. The molecule has 0 aliphatic rings. The van der Waals surface area contributed by atoms with Crippen LogP contribution in [-0.4, -0.2) is 20.5 Å². The average Bonchev–Trinajstić information content (AvgIpc) is 2.65. The van der Waals surface area contributed by atoms with Crippen LogP contribution >= 0.6 is 0 Å². The molecule has 0 spiro atoms. The van der Waals surface area contributed by atoms with Crippen LogP contribution < -0.4 is 4.72 Å². The SMILES string of the molecule is Cc1ccc(S(=O)(=O)NC(=O)/C(=C\C(F)(F)F)c2ccc3ccccc3c2)cc1. The minimum atomic E-state index is -4.81. The van der Waals surface area contributed by atoms with Crippen LogP contribution in [0.4, 0.5) is 13.2 Å². The minimum absolute atomic E-state index is 0.0439. The van der Waals surface area contributed by atoms with Gasteiger partial charge >= 0.3 is 6.18 Å². The molecule has 0 radical (unpaired) electrons. The van der Waals surface area contributed by atoms with Crippen molar-refractivity contribution in [2.75, 3.05) is 0 Å². The Bertz CT molecular complexity index is 1200. The summed E-state index contributed by atoms with van der Waals surface area (Å²) in [6.45, 7) is 1.75. The number of fused-ring (bicyclic) bond motifs is 1. The molecule has 4 nitrogen and oxygen atoms in total. The Morgan fingerprint density at radius 3 is 2.17 bits per heavy atom. The Labute approximate surface area is 165 Å². The van der Waals surface area contributed by atoms with Crippen LogP contribution in [0.3, 0.4) is 0 Å². The van der Waals surface area contributed by atoms with Crippen LogP contribution in [0, 0.1) is 6.92 Å². The fourth-order valence-corrected chi connectivity index (χ4v) is 3.72. The van der Waals surface area contributed by atoms with E-state index < -0.39 is 27.7 Å². The van der Waals surface area contributed by atoms with E-state index in [0.717, 1.165) is 10.9 Å². The highest BCUT2D eigenvalue weighted by molar-refractivity contribution is 7.90. The molecular formula is C21H16F3NO3S. The second-order valence-electron chi connectivity index (χ2n) is 6.41. The third-order valence-electron chi connectivity index (χ3n) is 4.17. The maximum absolute atomic E-state index is 13.1. The molecule has 29 heavy (non-hydrogen) atoms. The molecule has 8 heteroatoms. The summed E-state index contributed by atoms with van der Waals surface area (Å²) in [5, 5.41) is 1.39. The fraction of sp³-hybridized carbons (Fsp3) is 0.0952. The summed E-state index contributed by atoms with van der Waals surface area (Å²) < 4.78 is 65.8. The summed E-state index contributed by atoms with van der Waals surface area (Å²) in [4.78, 5) is 12.3. The molecule has 1 N–H and O–H groups in total. The molecule has 0 bridgehead atoms. The van der Waals surface area contributed by atoms with Gasteiger partial charge in [0.1, 0.15) is 0 Å². The zero-order valence-corrected chi connectivity index (χ0v) is 16.0. The van der Waals surface area contributed by atoms with E-state index in [1.165, 1.54) is 36.4 Å². The molecule has 0 aromatic heterocycles. The smallest absolute Gasteiger partial charge is 0.268 e. The lowest BCUT2D eigenvalue weighted by Crippen LogP contribution is -2.31. The van der Waals surface area contributed by atoms with Crippen LogP contribution in [0.2, 0.25) is 0 Å². The van der Waals surface area contributed by atoms with Crippen molar-refractivity contribution in [3.63, 3.8) is 0 Å². The topological polar surface area (TPSA) is 63.2 Å². The van der Waals surface area contributed by atoms with E-state index in [9.17, 15) is 26.4 Å². The van der Waals surface area contributed by atoms with Crippen LogP contribution in [0.25, 0.3) is 16.3 Å². The third-order valence-corrected chi connectivity index (χ3v) is 5.52. The van der Waals surface area contributed by atoms with Crippen molar-refractivity contribution in [1.82, 2.24) is 4.72 Å². The predicted molar refractivity (Wildman–Crippen MR) is 104 cm³/mol. The maximum Gasteiger partial charge on any atom is 0.410 e. The summed E-state index contributed by atoms with van der Waals surface area (Å²) in [6.07, 6.45) is -5.01.